The van der Waals surface area contributed by atoms with Crippen molar-refractivity contribution in [3.63, 3.8) is 0 Å². The first-order valence-corrected chi connectivity index (χ1v) is 9.53. The molecule has 0 unspecified atom stereocenters. The van der Waals surface area contributed by atoms with Crippen LogP contribution in [0.15, 0.2) is 42.5 Å². The van der Waals surface area contributed by atoms with Crippen molar-refractivity contribution in [2.75, 3.05) is 6.61 Å². The maximum Gasteiger partial charge on any atom is 0.338 e. The third kappa shape index (κ3) is 4.01. The van der Waals surface area contributed by atoms with Crippen LogP contribution in [0.4, 0.5) is 0 Å². The molecule has 0 fully saturated rings. The van der Waals surface area contributed by atoms with Crippen LogP contribution in [0.2, 0.25) is 0 Å². The Morgan fingerprint density at radius 2 is 1.93 bits per heavy atom. The molecule has 1 heterocycles. The number of fused-ring (bicyclic) bond motifs is 1. The lowest BCUT2D eigenvalue weighted by Gasteiger charge is -2.21. The number of phenolic OH excluding ortho intramolecular Hbond substituents is 1. The van der Waals surface area contributed by atoms with E-state index in [9.17, 15) is 14.7 Å². The summed E-state index contributed by atoms with van der Waals surface area (Å²) < 4.78 is 6.31. The first-order valence-electron chi connectivity index (χ1n) is 8.71. The summed E-state index contributed by atoms with van der Waals surface area (Å²) in [5.74, 6) is -0.574. The summed E-state index contributed by atoms with van der Waals surface area (Å²) in [7, 11) is 0. The summed E-state index contributed by atoms with van der Waals surface area (Å²) in [4.78, 5) is 28.7. The van der Waals surface area contributed by atoms with Crippen LogP contribution in [-0.4, -0.2) is 28.4 Å². The average Bonchev–Trinajstić information content (AvgIpc) is 3.09. The molecule has 3 rings (SSSR count). The van der Waals surface area contributed by atoms with Gasteiger partial charge in [0.15, 0.2) is 0 Å². The lowest BCUT2D eigenvalue weighted by Crippen LogP contribution is -2.30. The van der Waals surface area contributed by atoms with Gasteiger partial charge in [0.25, 0.3) is 0 Å². The smallest absolute Gasteiger partial charge is 0.338 e. The number of aromatic nitrogens is 1. The van der Waals surface area contributed by atoms with Crippen molar-refractivity contribution < 1.29 is 19.4 Å². The molecule has 0 aliphatic rings. The van der Waals surface area contributed by atoms with Gasteiger partial charge in [-0.3, -0.25) is 4.79 Å². The van der Waals surface area contributed by atoms with Crippen LogP contribution in [0.5, 0.6) is 5.75 Å². The second kappa shape index (κ2) is 7.48. The van der Waals surface area contributed by atoms with Gasteiger partial charge in [-0.2, -0.15) is 0 Å². The zero-order valence-corrected chi connectivity index (χ0v) is 16.3. The SMILES string of the molecule is CCC(=O)C(C)(C)COC(=O)c1ccc(-c2nc3ccccc3s2)c(O)c1. The zero-order chi connectivity index (χ0) is 19.6. The first-order chi connectivity index (χ1) is 12.8. The van der Waals surface area contributed by atoms with Crippen LogP contribution in [0, 0.1) is 5.41 Å². The Labute approximate surface area is 161 Å². The molecular weight excluding hydrogens is 362 g/mol. The van der Waals surface area contributed by atoms with Gasteiger partial charge in [0.2, 0.25) is 0 Å². The minimum Gasteiger partial charge on any atom is -0.507 e. The van der Waals surface area contributed by atoms with Crippen LogP contribution in [-0.2, 0) is 9.53 Å². The predicted octanol–water partition coefficient (Wildman–Crippen LogP) is 4.83. The van der Waals surface area contributed by atoms with Crippen LogP contribution >= 0.6 is 11.3 Å². The topological polar surface area (TPSA) is 76.5 Å². The highest BCUT2D eigenvalue weighted by Crippen LogP contribution is 2.35. The summed E-state index contributed by atoms with van der Waals surface area (Å²) in [5.41, 5.74) is 0.933. The van der Waals surface area contributed by atoms with Crippen LogP contribution < -0.4 is 0 Å². The molecule has 3 aromatic rings. The van der Waals surface area contributed by atoms with Gasteiger partial charge in [0.1, 0.15) is 23.1 Å². The minimum atomic E-state index is -0.729. The lowest BCUT2D eigenvalue weighted by atomic mass is 9.88. The Morgan fingerprint density at radius 1 is 1.19 bits per heavy atom. The van der Waals surface area contributed by atoms with E-state index in [1.807, 2.05) is 24.3 Å². The Balaban J connectivity index is 1.78. The molecule has 5 nitrogen and oxygen atoms in total. The van der Waals surface area contributed by atoms with Gasteiger partial charge in [0, 0.05) is 6.42 Å². The standard InChI is InChI=1S/C21H21NO4S/c1-4-18(24)21(2,3)12-26-20(25)13-9-10-14(16(23)11-13)19-22-15-7-5-6-8-17(15)27-19/h5-11,23H,4,12H2,1-3H3. The van der Waals surface area contributed by atoms with Gasteiger partial charge in [-0.1, -0.05) is 19.1 Å². The van der Waals surface area contributed by atoms with Crippen molar-refractivity contribution in [1.29, 1.82) is 0 Å². The van der Waals surface area contributed by atoms with Crippen LogP contribution in [0.1, 0.15) is 37.6 Å². The molecule has 1 N–H and O–H groups in total. The van der Waals surface area contributed by atoms with Gasteiger partial charge in [-0.15, -0.1) is 11.3 Å². The van der Waals surface area contributed by atoms with Gasteiger partial charge >= 0.3 is 5.97 Å². The Morgan fingerprint density at radius 3 is 2.59 bits per heavy atom. The average molecular weight is 383 g/mol. The van der Waals surface area contributed by atoms with Crippen LogP contribution in [0.25, 0.3) is 20.8 Å². The van der Waals surface area contributed by atoms with Gasteiger partial charge < -0.3 is 9.84 Å². The number of rotatable bonds is 6. The Kier molecular flexibility index (Phi) is 5.28. The highest BCUT2D eigenvalue weighted by atomic mass is 32.1. The van der Waals surface area contributed by atoms with Crippen molar-refractivity contribution in [1.82, 2.24) is 4.98 Å². The molecular formula is C21H21NO4S. The molecule has 0 radical (unpaired) electrons. The summed E-state index contributed by atoms with van der Waals surface area (Å²) in [6.07, 6.45) is 0.391. The number of esters is 1. The summed E-state index contributed by atoms with van der Waals surface area (Å²) in [6, 6.07) is 12.4. The minimum absolute atomic E-state index is 0.00110. The van der Waals surface area contributed by atoms with E-state index >= 15 is 0 Å². The quantitative estimate of drug-likeness (QED) is 0.617. The monoisotopic (exact) mass is 383 g/mol. The van der Waals surface area contributed by atoms with Gasteiger partial charge in [0.05, 0.1) is 26.8 Å². The van der Waals surface area contributed by atoms with E-state index in [4.69, 9.17) is 4.74 Å². The van der Waals surface area contributed by atoms with E-state index < -0.39 is 11.4 Å². The van der Waals surface area contributed by atoms with Crippen molar-refractivity contribution in [2.24, 2.45) is 5.41 Å². The van der Waals surface area contributed by atoms with Crippen molar-refractivity contribution in [2.45, 2.75) is 27.2 Å². The third-order valence-electron chi connectivity index (χ3n) is 4.40. The number of nitrogens with zero attached hydrogens (tertiary/aromatic N) is 1. The summed E-state index contributed by atoms with van der Waals surface area (Å²) in [6.45, 7) is 5.28. The molecule has 0 atom stereocenters. The maximum absolute atomic E-state index is 12.3. The van der Waals surface area contributed by atoms with Crippen molar-refractivity contribution >= 4 is 33.3 Å². The highest BCUT2D eigenvalue weighted by Gasteiger charge is 2.28. The molecule has 0 amide bonds. The number of carbonyl (C=O) groups excluding carboxylic acids is 2. The van der Waals surface area contributed by atoms with E-state index in [2.05, 4.69) is 4.98 Å². The fourth-order valence-corrected chi connectivity index (χ4v) is 3.71. The molecule has 140 valence electrons. The van der Waals surface area contributed by atoms with E-state index in [1.54, 1.807) is 32.9 Å². The molecule has 1 aromatic heterocycles. The second-order valence-electron chi connectivity index (χ2n) is 6.96. The number of Topliss-reactive ketones (excluding diaryl/α,β-unsaturated/α-hetero) is 1. The number of ether oxygens (including phenoxy) is 1. The molecule has 27 heavy (non-hydrogen) atoms. The number of aromatic hydroxyl groups is 1. The van der Waals surface area contributed by atoms with Crippen molar-refractivity contribution in [3.05, 3.63) is 48.0 Å². The first kappa shape index (κ1) is 19.0. The molecule has 0 saturated carbocycles. The number of thiazole rings is 1. The number of phenols is 1. The molecule has 0 bridgehead atoms. The number of ketones is 1. The molecule has 2 aromatic carbocycles. The van der Waals surface area contributed by atoms with Crippen LogP contribution in [0.3, 0.4) is 0 Å². The molecule has 0 aliphatic heterocycles. The zero-order valence-electron chi connectivity index (χ0n) is 15.5. The number of benzene rings is 2. The fourth-order valence-electron chi connectivity index (χ4n) is 2.72. The number of para-hydroxylation sites is 1. The largest absolute Gasteiger partial charge is 0.507 e. The van der Waals surface area contributed by atoms with E-state index in [0.29, 0.717) is 17.0 Å². The fraction of sp³-hybridized carbons (Fsp3) is 0.286. The summed E-state index contributed by atoms with van der Waals surface area (Å²) in [5, 5.41) is 11.1. The molecule has 0 aliphatic carbocycles. The number of hydrogen-bond acceptors (Lipinski definition) is 6. The van der Waals surface area contributed by atoms with Gasteiger partial charge in [-0.05, 0) is 44.2 Å². The Bertz CT molecular complexity index is 973. The predicted molar refractivity (Wildman–Crippen MR) is 106 cm³/mol. The highest BCUT2D eigenvalue weighted by molar-refractivity contribution is 7.21. The normalized spacial score (nSPS) is 11.5. The number of carbonyl (C=O) groups is 2. The van der Waals surface area contributed by atoms with Crippen molar-refractivity contribution in [3.8, 4) is 16.3 Å². The van der Waals surface area contributed by atoms with E-state index in [-0.39, 0.29) is 23.7 Å². The Hall–Kier alpha value is -2.73. The summed E-state index contributed by atoms with van der Waals surface area (Å²) >= 11 is 1.47. The lowest BCUT2D eigenvalue weighted by molar-refractivity contribution is -0.128. The molecule has 0 saturated heterocycles. The third-order valence-corrected chi connectivity index (χ3v) is 5.47. The molecule has 0 spiro atoms. The van der Waals surface area contributed by atoms with Gasteiger partial charge in [-0.25, -0.2) is 9.78 Å². The number of hydrogen-bond donors (Lipinski definition) is 1. The van der Waals surface area contributed by atoms with E-state index in [1.165, 1.54) is 17.4 Å². The molecule has 6 heteroatoms. The maximum atomic E-state index is 12.3. The second-order valence-corrected chi connectivity index (χ2v) is 7.99. The van der Waals surface area contributed by atoms with E-state index in [0.717, 1.165) is 10.2 Å².